The Hall–Kier alpha value is -3.42. The highest BCUT2D eigenvalue weighted by Crippen LogP contribution is 2.30. The van der Waals surface area contributed by atoms with Gasteiger partial charge in [-0.1, -0.05) is 17.3 Å². The first-order valence-corrected chi connectivity index (χ1v) is 8.64. The number of carbonyl (C=O) groups excluding carboxylic acids is 1. The molecule has 0 radical (unpaired) electrons. The lowest BCUT2D eigenvalue weighted by molar-refractivity contribution is -0.117. The highest BCUT2D eigenvalue weighted by Gasteiger charge is 2.12. The van der Waals surface area contributed by atoms with E-state index in [-0.39, 0.29) is 12.1 Å². The summed E-state index contributed by atoms with van der Waals surface area (Å²) in [6.45, 7) is 4.49. The fourth-order valence-electron chi connectivity index (χ4n) is 2.59. The third-order valence-corrected chi connectivity index (χ3v) is 3.75. The van der Waals surface area contributed by atoms with Crippen LogP contribution in [-0.2, 0) is 11.3 Å². The minimum absolute atomic E-state index is 0.242. The largest absolute Gasteiger partial charge is 0.490 e. The number of anilines is 1. The van der Waals surface area contributed by atoms with E-state index < -0.39 is 5.91 Å². The quantitative estimate of drug-likeness (QED) is 0.687. The standard InChI is InChI=1S/C19H20N4O4/c1-3-26-16-10-9-13(11-17(16)27-4-2)20-18(24)12-23-19(25)14-7-5-6-8-15(14)21-22-23/h5-11H,3-4,12H2,1-2H3,(H,20,24). The third-order valence-electron chi connectivity index (χ3n) is 3.75. The van der Waals surface area contributed by atoms with Crippen LogP contribution < -0.4 is 20.3 Å². The van der Waals surface area contributed by atoms with E-state index >= 15 is 0 Å². The van der Waals surface area contributed by atoms with Crippen LogP contribution in [0, 0.1) is 0 Å². The van der Waals surface area contributed by atoms with Crippen molar-refractivity contribution >= 4 is 22.5 Å². The van der Waals surface area contributed by atoms with E-state index in [2.05, 4.69) is 15.6 Å². The summed E-state index contributed by atoms with van der Waals surface area (Å²) in [4.78, 5) is 24.8. The second-order valence-corrected chi connectivity index (χ2v) is 5.65. The van der Waals surface area contributed by atoms with E-state index in [9.17, 15) is 9.59 Å². The molecule has 0 aliphatic carbocycles. The van der Waals surface area contributed by atoms with Gasteiger partial charge in [0.15, 0.2) is 11.5 Å². The van der Waals surface area contributed by atoms with Crippen LogP contribution in [0.1, 0.15) is 13.8 Å². The summed E-state index contributed by atoms with van der Waals surface area (Å²) in [6.07, 6.45) is 0. The van der Waals surface area contributed by atoms with Gasteiger partial charge in [-0.25, -0.2) is 4.68 Å². The van der Waals surface area contributed by atoms with Crippen molar-refractivity contribution < 1.29 is 14.3 Å². The van der Waals surface area contributed by atoms with Gasteiger partial charge in [-0.05, 0) is 38.1 Å². The number of amides is 1. The smallest absolute Gasteiger partial charge is 0.278 e. The van der Waals surface area contributed by atoms with Crippen LogP contribution in [0.25, 0.3) is 10.9 Å². The number of aromatic nitrogens is 3. The van der Waals surface area contributed by atoms with Crippen molar-refractivity contribution in [1.29, 1.82) is 0 Å². The lowest BCUT2D eigenvalue weighted by Gasteiger charge is -2.13. The minimum Gasteiger partial charge on any atom is -0.490 e. The summed E-state index contributed by atoms with van der Waals surface area (Å²) < 4.78 is 12.1. The van der Waals surface area contributed by atoms with Crippen molar-refractivity contribution in [2.75, 3.05) is 18.5 Å². The highest BCUT2D eigenvalue weighted by atomic mass is 16.5. The molecule has 140 valence electrons. The molecule has 1 N–H and O–H groups in total. The van der Waals surface area contributed by atoms with Gasteiger partial charge >= 0.3 is 0 Å². The van der Waals surface area contributed by atoms with E-state index in [4.69, 9.17) is 9.47 Å². The van der Waals surface area contributed by atoms with Crippen LogP contribution in [0.3, 0.4) is 0 Å². The number of carbonyl (C=O) groups is 1. The fourth-order valence-corrected chi connectivity index (χ4v) is 2.59. The number of nitrogens with one attached hydrogen (secondary N) is 1. The Morgan fingerprint density at radius 1 is 1.07 bits per heavy atom. The maximum absolute atomic E-state index is 12.4. The number of ether oxygens (including phenoxy) is 2. The molecule has 0 atom stereocenters. The Bertz CT molecular complexity index is 1020. The molecule has 0 aliphatic heterocycles. The Morgan fingerprint density at radius 3 is 2.59 bits per heavy atom. The molecule has 1 amide bonds. The maximum atomic E-state index is 12.4. The predicted molar refractivity (Wildman–Crippen MR) is 101 cm³/mol. The molecule has 0 bridgehead atoms. The van der Waals surface area contributed by atoms with E-state index in [0.717, 1.165) is 4.68 Å². The van der Waals surface area contributed by atoms with Crippen molar-refractivity contribution in [3.63, 3.8) is 0 Å². The van der Waals surface area contributed by atoms with Gasteiger partial charge < -0.3 is 14.8 Å². The van der Waals surface area contributed by atoms with Crippen LogP contribution in [0.2, 0.25) is 0 Å². The zero-order valence-corrected chi connectivity index (χ0v) is 15.1. The van der Waals surface area contributed by atoms with Crippen molar-refractivity contribution in [3.8, 4) is 11.5 Å². The maximum Gasteiger partial charge on any atom is 0.278 e. The second-order valence-electron chi connectivity index (χ2n) is 5.65. The van der Waals surface area contributed by atoms with E-state index in [1.807, 2.05) is 13.8 Å². The number of rotatable bonds is 7. The molecule has 3 rings (SSSR count). The molecule has 0 aliphatic rings. The Balaban J connectivity index is 1.77. The molecule has 0 fully saturated rings. The first-order chi connectivity index (χ1) is 13.1. The zero-order chi connectivity index (χ0) is 19.2. The first kappa shape index (κ1) is 18.4. The lowest BCUT2D eigenvalue weighted by Crippen LogP contribution is -2.30. The van der Waals surface area contributed by atoms with E-state index in [1.165, 1.54) is 0 Å². The van der Waals surface area contributed by atoms with Gasteiger partial charge in [0.2, 0.25) is 5.91 Å². The van der Waals surface area contributed by atoms with Crippen molar-refractivity contribution in [2.24, 2.45) is 0 Å². The Morgan fingerprint density at radius 2 is 1.81 bits per heavy atom. The van der Waals surface area contributed by atoms with Gasteiger partial charge in [0.05, 0.1) is 18.6 Å². The predicted octanol–water partition coefficient (Wildman–Crippen LogP) is 2.23. The zero-order valence-electron chi connectivity index (χ0n) is 15.1. The van der Waals surface area contributed by atoms with Gasteiger partial charge in [-0.3, -0.25) is 9.59 Å². The molecule has 3 aromatic rings. The van der Waals surface area contributed by atoms with Crippen molar-refractivity contribution in [1.82, 2.24) is 15.0 Å². The van der Waals surface area contributed by atoms with Crippen LogP contribution in [-0.4, -0.2) is 34.1 Å². The molecule has 8 heteroatoms. The topological polar surface area (TPSA) is 95.3 Å². The Labute approximate surface area is 155 Å². The summed E-state index contributed by atoms with van der Waals surface area (Å²) in [7, 11) is 0. The van der Waals surface area contributed by atoms with E-state index in [1.54, 1.807) is 42.5 Å². The molecule has 0 saturated heterocycles. The van der Waals surface area contributed by atoms with Crippen LogP contribution in [0.15, 0.2) is 47.3 Å². The number of fused-ring (bicyclic) bond motifs is 1. The molecule has 1 aromatic heterocycles. The summed E-state index contributed by atoms with van der Waals surface area (Å²) >= 11 is 0. The van der Waals surface area contributed by atoms with Crippen LogP contribution in [0.5, 0.6) is 11.5 Å². The van der Waals surface area contributed by atoms with Gasteiger partial charge in [0, 0.05) is 11.8 Å². The van der Waals surface area contributed by atoms with Crippen LogP contribution in [0.4, 0.5) is 5.69 Å². The van der Waals surface area contributed by atoms with Crippen molar-refractivity contribution in [2.45, 2.75) is 20.4 Å². The molecular formula is C19H20N4O4. The number of hydrogen-bond donors (Lipinski definition) is 1. The molecule has 8 nitrogen and oxygen atoms in total. The lowest BCUT2D eigenvalue weighted by atomic mass is 10.2. The van der Waals surface area contributed by atoms with Gasteiger partial charge in [0.1, 0.15) is 12.1 Å². The SMILES string of the molecule is CCOc1ccc(NC(=O)Cn2nnc3ccccc3c2=O)cc1OCC. The average Bonchev–Trinajstić information content (AvgIpc) is 2.67. The molecular weight excluding hydrogens is 348 g/mol. The molecule has 27 heavy (non-hydrogen) atoms. The highest BCUT2D eigenvalue weighted by molar-refractivity contribution is 5.91. The summed E-state index contributed by atoms with van der Waals surface area (Å²) in [6, 6.07) is 12.0. The second kappa shape index (κ2) is 8.31. The summed E-state index contributed by atoms with van der Waals surface area (Å²) in [5.74, 6) is 0.752. The number of benzene rings is 2. The average molecular weight is 368 g/mol. The minimum atomic E-state index is -0.395. The first-order valence-electron chi connectivity index (χ1n) is 8.64. The molecule has 1 heterocycles. The summed E-state index contributed by atoms with van der Waals surface area (Å²) in [5, 5.41) is 10.9. The third kappa shape index (κ3) is 4.22. The van der Waals surface area contributed by atoms with Gasteiger partial charge in [-0.15, -0.1) is 5.10 Å². The van der Waals surface area contributed by atoms with E-state index in [0.29, 0.717) is 41.3 Å². The number of nitrogens with zero attached hydrogens (tertiary/aromatic N) is 3. The monoisotopic (exact) mass is 368 g/mol. The summed E-state index contributed by atoms with van der Waals surface area (Å²) in [5.41, 5.74) is 0.665. The molecule has 0 unspecified atom stereocenters. The van der Waals surface area contributed by atoms with Crippen molar-refractivity contribution in [3.05, 3.63) is 52.8 Å². The Kier molecular flexibility index (Phi) is 5.65. The van der Waals surface area contributed by atoms with Gasteiger partial charge in [0.25, 0.3) is 5.56 Å². The fraction of sp³-hybridized carbons (Fsp3) is 0.263. The molecule has 2 aromatic carbocycles. The van der Waals surface area contributed by atoms with Crippen LogP contribution >= 0.6 is 0 Å². The normalized spacial score (nSPS) is 10.6. The van der Waals surface area contributed by atoms with Gasteiger partial charge in [-0.2, -0.15) is 0 Å². The molecule has 0 saturated carbocycles. The molecule has 0 spiro atoms. The number of hydrogen-bond acceptors (Lipinski definition) is 6.